The standard InChI is InChI=1S/C13H18O/c1-9(14)4-6-13-7-5-12(8-13)10(2)11(13)3/h4,6,10,12H,3,5,7-8H2,1-2H3. The highest BCUT2D eigenvalue weighted by atomic mass is 16.1. The molecule has 0 spiro atoms. The molecule has 76 valence electrons. The molecule has 0 N–H and O–H groups in total. The highest BCUT2D eigenvalue weighted by molar-refractivity contribution is 5.87. The van der Waals surface area contributed by atoms with E-state index in [0.717, 1.165) is 5.92 Å². The van der Waals surface area contributed by atoms with Gasteiger partial charge in [0.1, 0.15) is 0 Å². The smallest absolute Gasteiger partial charge is 0.152 e. The maximum Gasteiger partial charge on any atom is 0.152 e. The molecule has 0 aliphatic heterocycles. The van der Waals surface area contributed by atoms with Crippen LogP contribution < -0.4 is 0 Å². The van der Waals surface area contributed by atoms with Crippen LogP contribution in [0.3, 0.4) is 0 Å². The fraction of sp³-hybridized carbons (Fsp3) is 0.615. The molecule has 0 heterocycles. The van der Waals surface area contributed by atoms with Gasteiger partial charge in [-0.2, -0.15) is 0 Å². The lowest BCUT2D eigenvalue weighted by Crippen LogP contribution is -2.17. The van der Waals surface area contributed by atoms with Gasteiger partial charge in [0.25, 0.3) is 0 Å². The van der Waals surface area contributed by atoms with E-state index in [1.165, 1.54) is 24.8 Å². The van der Waals surface area contributed by atoms with E-state index in [1.807, 2.05) is 0 Å². The minimum absolute atomic E-state index is 0.148. The molecule has 0 aromatic carbocycles. The highest BCUT2D eigenvalue weighted by Gasteiger charge is 2.49. The van der Waals surface area contributed by atoms with Gasteiger partial charge in [-0.1, -0.05) is 25.2 Å². The van der Waals surface area contributed by atoms with Gasteiger partial charge >= 0.3 is 0 Å². The van der Waals surface area contributed by atoms with Crippen molar-refractivity contribution in [3.05, 3.63) is 24.3 Å². The third-order valence-corrected chi connectivity index (χ3v) is 4.12. The molecule has 2 bridgehead atoms. The molecular weight excluding hydrogens is 172 g/mol. The van der Waals surface area contributed by atoms with Crippen LogP contribution in [0.4, 0.5) is 0 Å². The lowest BCUT2D eigenvalue weighted by atomic mass is 9.76. The van der Waals surface area contributed by atoms with E-state index in [-0.39, 0.29) is 11.2 Å². The zero-order chi connectivity index (χ0) is 10.3. The molecule has 0 aromatic heterocycles. The Hall–Kier alpha value is -0.850. The number of allylic oxidation sites excluding steroid dienone is 3. The molecule has 2 saturated carbocycles. The fourth-order valence-corrected chi connectivity index (χ4v) is 3.11. The van der Waals surface area contributed by atoms with Crippen LogP contribution in [0.25, 0.3) is 0 Å². The summed E-state index contributed by atoms with van der Waals surface area (Å²) in [4.78, 5) is 10.9. The van der Waals surface area contributed by atoms with Crippen LogP contribution in [0, 0.1) is 17.3 Å². The van der Waals surface area contributed by atoms with Crippen molar-refractivity contribution in [2.75, 3.05) is 0 Å². The Morgan fingerprint density at radius 1 is 1.64 bits per heavy atom. The van der Waals surface area contributed by atoms with Gasteiger partial charge in [0.2, 0.25) is 0 Å². The van der Waals surface area contributed by atoms with Crippen molar-refractivity contribution in [3.8, 4) is 0 Å². The lowest BCUT2D eigenvalue weighted by molar-refractivity contribution is -0.112. The first-order chi connectivity index (χ1) is 6.55. The Morgan fingerprint density at radius 2 is 2.36 bits per heavy atom. The lowest BCUT2D eigenvalue weighted by Gasteiger charge is -2.28. The van der Waals surface area contributed by atoms with Crippen molar-refractivity contribution in [1.82, 2.24) is 0 Å². The van der Waals surface area contributed by atoms with Crippen molar-refractivity contribution in [3.63, 3.8) is 0 Å². The summed E-state index contributed by atoms with van der Waals surface area (Å²) in [7, 11) is 0. The van der Waals surface area contributed by atoms with E-state index in [9.17, 15) is 4.79 Å². The van der Waals surface area contributed by atoms with Crippen molar-refractivity contribution in [2.24, 2.45) is 17.3 Å². The van der Waals surface area contributed by atoms with Gasteiger partial charge in [-0.15, -0.1) is 0 Å². The summed E-state index contributed by atoms with van der Waals surface area (Å²) in [6.07, 6.45) is 7.57. The van der Waals surface area contributed by atoms with E-state index in [2.05, 4.69) is 19.6 Å². The number of carbonyl (C=O) groups is 1. The summed E-state index contributed by atoms with van der Waals surface area (Å²) >= 11 is 0. The van der Waals surface area contributed by atoms with Crippen LogP contribution in [0.2, 0.25) is 0 Å². The van der Waals surface area contributed by atoms with Crippen molar-refractivity contribution in [2.45, 2.75) is 33.1 Å². The maximum atomic E-state index is 10.9. The number of ketones is 1. The van der Waals surface area contributed by atoms with Gasteiger partial charge in [-0.3, -0.25) is 4.79 Å². The van der Waals surface area contributed by atoms with Crippen LogP contribution in [-0.2, 0) is 4.79 Å². The molecule has 1 nitrogen and oxygen atoms in total. The minimum Gasteiger partial charge on any atom is -0.295 e. The zero-order valence-corrected chi connectivity index (χ0v) is 9.05. The highest BCUT2D eigenvalue weighted by Crippen LogP contribution is 2.60. The molecule has 1 heteroatoms. The second-order valence-electron chi connectivity index (χ2n) is 4.92. The predicted molar refractivity (Wildman–Crippen MR) is 57.9 cm³/mol. The Morgan fingerprint density at radius 3 is 2.86 bits per heavy atom. The number of rotatable bonds is 2. The molecule has 0 saturated heterocycles. The first-order valence-corrected chi connectivity index (χ1v) is 5.44. The fourth-order valence-electron chi connectivity index (χ4n) is 3.11. The molecule has 2 aliphatic carbocycles. The van der Waals surface area contributed by atoms with Crippen LogP contribution in [-0.4, -0.2) is 5.78 Å². The molecule has 0 radical (unpaired) electrons. The largest absolute Gasteiger partial charge is 0.295 e. The first kappa shape index (κ1) is 9.70. The summed E-state index contributed by atoms with van der Waals surface area (Å²) in [5.74, 6) is 1.62. The van der Waals surface area contributed by atoms with Gasteiger partial charge < -0.3 is 0 Å². The second-order valence-corrected chi connectivity index (χ2v) is 4.92. The van der Waals surface area contributed by atoms with Crippen LogP contribution in [0.5, 0.6) is 0 Å². The predicted octanol–water partition coefficient (Wildman–Crippen LogP) is 3.12. The minimum atomic E-state index is 0.148. The molecular formula is C13H18O. The van der Waals surface area contributed by atoms with Gasteiger partial charge in [0, 0.05) is 5.41 Å². The SMILES string of the molecule is C=C1C(C)C2CCC1(C=CC(C)=O)C2. The van der Waals surface area contributed by atoms with Gasteiger partial charge in [0.15, 0.2) is 5.78 Å². The summed E-state index contributed by atoms with van der Waals surface area (Å²) in [5.41, 5.74) is 1.53. The number of carbonyl (C=O) groups excluding carboxylic acids is 1. The molecule has 2 rings (SSSR count). The van der Waals surface area contributed by atoms with E-state index in [1.54, 1.807) is 13.0 Å². The molecule has 3 unspecified atom stereocenters. The second kappa shape index (κ2) is 3.08. The van der Waals surface area contributed by atoms with Crippen LogP contribution in [0.15, 0.2) is 24.3 Å². The van der Waals surface area contributed by atoms with Crippen LogP contribution in [0.1, 0.15) is 33.1 Å². The summed E-state index contributed by atoms with van der Waals surface area (Å²) < 4.78 is 0. The Labute approximate surface area is 85.9 Å². The van der Waals surface area contributed by atoms with Gasteiger partial charge in [-0.05, 0) is 44.1 Å². The van der Waals surface area contributed by atoms with E-state index < -0.39 is 0 Å². The van der Waals surface area contributed by atoms with E-state index in [4.69, 9.17) is 0 Å². The topological polar surface area (TPSA) is 17.1 Å². The molecule has 0 amide bonds. The number of hydrogen-bond donors (Lipinski definition) is 0. The third kappa shape index (κ3) is 1.26. The molecule has 2 fully saturated rings. The van der Waals surface area contributed by atoms with E-state index >= 15 is 0 Å². The Kier molecular flexibility index (Phi) is 2.13. The maximum absolute atomic E-state index is 10.9. The zero-order valence-electron chi connectivity index (χ0n) is 9.05. The van der Waals surface area contributed by atoms with Crippen molar-refractivity contribution in [1.29, 1.82) is 0 Å². The Bertz CT molecular complexity index is 313. The van der Waals surface area contributed by atoms with Gasteiger partial charge in [0.05, 0.1) is 0 Å². The quantitative estimate of drug-likeness (QED) is 0.483. The molecule has 0 aromatic rings. The van der Waals surface area contributed by atoms with Crippen molar-refractivity contribution >= 4 is 5.78 Å². The number of fused-ring (bicyclic) bond motifs is 2. The monoisotopic (exact) mass is 190 g/mol. The normalized spacial score (nSPS) is 41.1. The number of hydrogen-bond acceptors (Lipinski definition) is 1. The molecule has 14 heavy (non-hydrogen) atoms. The average Bonchev–Trinajstić information content (AvgIpc) is 2.65. The summed E-state index contributed by atoms with van der Waals surface area (Å²) in [6.45, 7) is 8.09. The van der Waals surface area contributed by atoms with Crippen molar-refractivity contribution < 1.29 is 4.79 Å². The molecule has 2 aliphatic rings. The summed E-state index contributed by atoms with van der Waals surface area (Å²) in [5, 5.41) is 0. The third-order valence-electron chi connectivity index (χ3n) is 4.12. The average molecular weight is 190 g/mol. The first-order valence-electron chi connectivity index (χ1n) is 5.44. The Balaban J connectivity index is 2.24. The van der Waals surface area contributed by atoms with Gasteiger partial charge in [-0.25, -0.2) is 0 Å². The van der Waals surface area contributed by atoms with Crippen LogP contribution >= 0.6 is 0 Å². The van der Waals surface area contributed by atoms with E-state index in [0.29, 0.717) is 5.92 Å². The molecule has 3 atom stereocenters. The summed E-state index contributed by atoms with van der Waals surface area (Å²) in [6, 6.07) is 0.